The summed E-state index contributed by atoms with van der Waals surface area (Å²) in [5.41, 5.74) is 1.34. The predicted octanol–water partition coefficient (Wildman–Crippen LogP) is 4.33. The van der Waals surface area contributed by atoms with Gasteiger partial charge in [0.1, 0.15) is 0 Å². The van der Waals surface area contributed by atoms with Gasteiger partial charge in [0, 0.05) is 30.6 Å². The molecule has 0 radical (unpaired) electrons. The van der Waals surface area contributed by atoms with Crippen LogP contribution in [0.4, 0.5) is 0 Å². The van der Waals surface area contributed by atoms with Crippen molar-refractivity contribution in [1.82, 2.24) is 4.90 Å². The van der Waals surface area contributed by atoms with Crippen LogP contribution in [0, 0.1) is 5.92 Å². The third kappa shape index (κ3) is 4.82. The molecule has 1 aliphatic rings. The van der Waals surface area contributed by atoms with E-state index in [1.54, 1.807) is 11.3 Å². The molecular weight excluding hydrogens is 334 g/mol. The number of carboxylic acids is 1. The van der Waals surface area contributed by atoms with Crippen molar-refractivity contribution in [3.8, 4) is 0 Å². The number of benzene rings is 1. The number of piperidine rings is 1. The molecule has 3 rings (SSSR count). The highest BCUT2D eigenvalue weighted by Gasteiger charge is 2.23. The maximum Gasteiger partial charge on any atom is 0.303 e. The van der Waals surface area contributed by atoms with E-state index in [2.05, 4.69) is 29.6 Å². The van der Waals surface area contributed by atoms with Crippen LogP contribution in [0.2, 0.25) is 0 Å². The Bertz CT molecular complexity index is 739. The van der Waals surface area contributed by atoms with Crippen LogP contribution >= 0.6 is 11.3 Å². The van der Waals surface area contributed by atoms with Gasteiger partial charge in [0.25, 0.3) is 0 Å². The van der Waals surface area contributed by atoms with Gasteiger partial charge in [0.15, 0.2) is 0 Å². The topological polar surface area (TPSA) is 57.6 Å². The van der Waals surface area contributed by atoms with E-state index in [1.807, 2.05) is 4.90 Å². The number of nitrogens with zero attached hydrogens (tertiary/aromatic N) is 1. The van der Waals surface area contributed by atoms with E-state index < -0.39 is 5.97 Å². The summed E-state index contributed by atoms with van der Waals surface area (Å²) >= 11 is 1.77. The summed E-state index contributed by atoms with van der Waals surface area (Å²) in [5, 5.41) is 12.3. The molecule has 1 amide bonds. The highest BCUT2D eigenvalue weighted by molar-refractivity contribution is 7.17. The van der Waals surface area contributed by atoms with Crippen LogP contribution in [0.5, 0.6) is 0 Å². The van der Waals surface area contributed by atoms with Crippen molar-refractivity contribution >= 4 is 33.3 Å². The van der Waals surface area contributed by atoms with Crippen LogP contribution in [0.25, 0.3) is 10.1 Å². The minimum atomic E-state index is -0.744. The first-order valence-electron chi connectivity index (χ1n) is 9.08. The molecule has 5 heteroatoms. The van der Waals surface area contributed by atoms with E-state index in [-0.39, 0.29) is 12.3 Å². The van der Waals surface area contributed by atoms with Gasteiger partial charge in [0.2, 0.25) is 5.91 Å². The van der Waals surface area contributed by atoms with Crippen molar-refractivity contribution in [2.45, 2.75) is 44.9 Å². The molecule has 0 aliphatic carbocycles. The average Bonchev–Trinajstić information content (AvgIpc) is 3.03. The molecule has 1 saturated heterocycles. The van der Waals surface area contributed by atoms with E-state index in [4.69, 9.17) is 5.11 Å². The summed E-state index contributed by atoms with van der Waals surface area (Å²) in [4.78, 5) is 25.2. The number of carbonyl (C=O) groups excluding carboxylic acids is 1. The first kappa shape index (κ1) is 17.9. The lowest BCUT2D eigenvalue weighted by Crippen LogP contribution is -2.40. The number of fused-ring (bicyclic) bond motifs is 1. The SMILES string of the molecule is O=C(O)CCC1CCCN(C(=O)CCCc2csc3ccccc23)C1. The summed E-state index contributed by atoms with van der Waals surface area (Å²) in [6.45, 7) is 1.55. The molecule has 2 aromatic rings. The normalized spacial score (nSPS) is 17.8. The molecule has 1 fully saturated rings. The van der Waals surface area contributed by atoms with Crippen molar-refractivity contribution in [3.05, 3.63) is 35.2 Å². The van der Waals surface area contributed by atoms with Gasteiger partial charge in [-0.2, -0.15) is 0 Å². The predicted molar refractivity (Wildman–Crippen MR) is 101 cm³/mol. The highest BCUT2D eigenvalue weighted by Crippen LogP contribution is 2.27. The number of hydrogen-bond donors (Lipinski definition) is 1. The van der Waals surface area contributed by atoms with Crippen LogP contribution in [-0.2, 0) is 16.0 Å². The number of amides is 1. The molecule has 134 valence electrons. The number of thiophene rings is 1. The van der Waals surface area contributed by atoms with E-state index in [1.165, 1.54) is 15.6 Å². The van der Waals surface area contributed by atoms with Gasteiger partial charge >= 0.3 is 5.97 Å². The largest absolute Gasteiger partial charge is 0.481 e. The summed E-state index contributed by atoms with van der Waals surface area (Å²) in [6.07, 6.45) is 5.30. The maximum absolute atomic E-state index is 12.5. The molecule has 4 nitrogen and oxygen atoms in total. The number of aliphatic carboxylic acids is 1. The quantitative estimate of drug-likeness (QED) is 0.800. The minimum absolute atomic E-state index is 0.206. The standard InChI is InChI=1S/C20H25NO3S/c22-19(21-12-4-5-15(13-21)10-11-20(23)24)9-3-6-16-14-25-18-8-2-1-7-17(16)18/h1-2,7-8,14-15H,3-6,9-13H2,(H,23,24). The lowest BCUT2D eigenvalue weighted by atomic mass is 9.93. The van der Waals surface area contributed by atoms with Gasteiger partial charge in [-0.05, 0) is 60.4 Å². The molecule has 2 heterocycles. The minimum Gasteiger partial charge on any atom is -0.481 e. The van der Waals surface area contributed by atoms with Gasteiger partial charge in [-0.3, -0.25) is 9.59 Å². The average molecular weight is 359 g/mol. The van der Waals surface area contributed by atoms with Crippen LogP contribution in [-0.4, -0.2) is 35.0 Å². The van der Waals surface area contributed by atoms with Crippen molar-refractivity contribution in [1.29, 1.82) is 0 Å². The third-order valence-corrected chi connectivity index (χ3v) is 6.05. The molecule has 1 aromatic heterocycles. The van der Waals surface area contributed by atoms with Crippen molar-refractivity contribution in [2.24, 2.45) is 5.92 Å². The lowest BCUT2D eigenvalue weighted by molar-refractivity contribution is -0.137. The number of hydrogen-bond acceptors (Lipinski definition) is 3. The summed E-state index contributed by atoms with van der Waals surface area (Å²) in [5.74, 6) is -0.180. The first-order valence-corrected chi connectivity index (χ1v) is 9.96. The zero-order chi connectivity index (χ0) is 17.6. The fourth-order valence-corrected chi connectivity index (χ4v) is 4.67. The van der Waals surface area contributed by atoms with Gasteiger partial charge < -0.3 is 10.0 Å². The highest BCUT2D eigenvalue weighted by atomic mass is 32.1. The Balaban J connectivity index is 1.46. The monoisotopic (exact) mass is 359 g/mol. The maximum atomic E-state index is 12.5. The van der Waals surface area contributed by atoms with Crippen LogP contribution < -0.4 is 0 Å². The number of likely N-dealkylation sites (tertiary alicyclic amines) is 1. The van der Waals surface area contributed by atoms with Gasteiger partial charge in [-0.15, -0.1) is 11.3 Å². The van der Waals surface area contributed by atoms with E-state index in [0.717, 1.165) is 38.8 Å². The van der Waals surface area contributed by atoms with Crippen molar-refractivity contribution < 1.29 is 14.7 Å². The number of carboxylic acid groups (broad SMARTS) is 1. The Hall–Kier alpha value is -1.88. The molecule has 1 aromatic carbocycles. The second-order valence-corrected chi connectivity index (χ2v) is 7.80. The molecule has 1 atom stereocenters. The van der Waals surface area contributed by atoms with Gasteiger partial charge in [-0.25, -0.2) is 0 Å². The zero-order valence-corrected chi connectivity index (χ0v) is 15.3. The fourth-order valence-electron chi connectivity index (χ4n) is 3.67. The van der Waals surface area contributed by atoms with Gasteiger partial charge in [0.05, 0.1) is 0 Å². The first-order chi connectivity index (χ1) is 12.1. The molecule has 0 saturated carbocycles. The lowest BCUT2D eigenvalue weighted by Gasteiger charge is -2.32. The molecule has 1 unspecified atom stereocenters. The summed E-state index contributed by atoms with van der Waals surface area (Å²) < 4.78 is 1.31. The Morgan fingerprint density at radius 1 is 1.24 bits per heavy atom. The van der Waals surface area contributed by atoms with Crippen LogP contribution in [0.3, 0.4) is 0 Å². The molecule has 25 heavy (non-hydrogen) atoms. The van der Waals surface area contributed by atoms with E-state index in [9.17, 15) is 9.59 Å². The fraction of sp³-hybridized carbons (Fsp3) is 0.500. The Labute approximate surface area is 152 Å². The van der Waals surface area contributed by atoms with Crippen molar-refractivity contribution in [2.75, 3.05) is 13.1 Å². The van der Waals surface area contributed by atoms with E-state index >= 15 is 0 Å². The summed E-state index contributed by atoms with van der Waals surface area (Å²) in [6, 6.07) is 8.41. The smallest absolute Gasteiger partial charge is 0.303 e. The molecule has 0 bridgehead atoms. The Morgan fingerprint density at radius 2 is 2.08 bits per heavy atom. The van der Waals surface area contributed by atoms with E-state index in [0.29, 0.717) is 18.8 Å². The third-order valence-electron chi connectivity index (χ3n) is 5.04. The molecular formula is C20H25NO3S. The van der Waals surface area contributed by atoms with Crippen LogP contribution in [0.1, 0.15) is 44.1 Å². The second kappa shape index (κ2) is 8.48. The van der Waals surface area contributed by atoms with Crippen molar-refractivity contribution in [3.63, 3.8) is 0 Å². The second-order valence-electron chi connectivity index (χ2n) is 6.89. The summed E-state index contributed by atoms with van der Waals surface area (Å²) in [7, 11) is 0. The molecule has 1 aliphatic heterocycles. The zero-order valence-electron chi connectivity index (χ0n) is 14.4. The molecule has 1 N–H and O–H groups in total. The Morgan fingerprint density at radius 3 is 2.92 bits per heavy atom. The Kier molecular flexibility index (Phi) is 6.08. The molecule has 0 spiro atoms. The van der Waals surface area contributed by atoms with Crippen LogP contribution in [0.15, 0.2) is 29.6 Å². The number of aryl methyl sites for hydroxylation is 1. The van der Waals surface area contributed by atoms with Gasteiger partial charge in [-0.1, -0.05) is 18.2 Å². The number of carbonyl (C=O) groups is 2. The number of rotatable bonds is 7.